The Balaban J connectivity index is 2.02. The molecule has 0 fully saturated rings. The fraction of sp³-hybridized carbons (Fsp3) is 0.222. The normalized spacial score (nSPS) is 11.4. The molecular formula is C18H17N3. The molecule has 0 spiro atoms. The van der Waals surface area contributed by atoms with Gasteiger partial charge in [0.25, 0.3) is 0 Å². The summed E-state index contributed by atoms with van der Waals surface area (Å²) in [6.45, 7) is 4.86. The highest BCUT2D eigenvalue weighted by Crippen LogP contribution is 2.16. The van der Waals surface area contributed by atoms with E-state index < -0.39 is 0 Å². The quantitative estimate of drug-likeness (QED) is 0.927. The number of nitrogens with zero attached hydrogens (tertiary/aromatic N) is 2. The third-order valence-electron chi connectivity index (χ3n) is 3.61. The van der Waals surface area contributed by atoms with Crippen molar-refractivity contribution in [3.05, 3.63) is 70.3 Å². The van der Waals surface area contributed by atoms with Crippen LogP contribution >= 0.6 is 0 Å². The van der Waals surface area contributed by atoms with Gasteiger partial charge in [0.1, 0.15) is 0 Å². The summed E-state index contributed by atoms with van der Waals surface area (Å²) in [4.78, 5) is 0. The Morgan fingerprint density at radius 3 is 2.19 bits per heavy atom. The molecule has 1 atom stereocenters. The molecule has 0 radical (unpaired) electrons. The van der Waals surface area contributed by atoms with E-state index in [1.807, 2.05) is 49.4 Å². The average molecular weight is 275 g/mol. The summed E-state index contributed by atoms with van der Waals surface area (Å²) >= 11 is 0. The van der Waals surface area contributed by atoms with Gasteiger partial charge in [-0.2, -0.15) is 10.5 Å². The molecule has 1 N–H and O–H groups in total. The summed E-state index contributed by atoms with van der Waals surface area (Å²) in [6, 6.07) is 17.8. The largest absolute Gasteiger partial charge is 0.306 e. The molecule has 0 aromatic heterocycles. The van der Waals surface area contributed by atoms with Gasteiger partial charge in [-0.1, -0.05) is 18.2 Å². The first-order chi connectivity index (χ1) is 10.1. The van der Waals surface area contributed by atoms with E-state index in [-0.39, 0.29) is 6.04 Å². The van der Waals surface area contributed by atoms with E-state index in [0.29, 0.717) is 11.1 Å². The average Bonchev–Trinajstić information content (AvgIpc) is 2.53. The van der Waals surface area contributed by atoms with Crippen LogP contribution in [0.1, 0.15) is 40.8 Å². The van der Waals surface area contributed by atoms with Crippen molar-refractivity contribution in [1.82, 2.24) is 5.32 Å². The molecule has 0 bridgehead atoms. The van der Waals surface area contributed by atoms with Gasteiger partial charge < -0.3 is 5.32 Å². The molecule has 104 valence electrons. The molecule has 0 aliphatic heterocycles. The van der Waals surface area contributed by atoms with Crippen LogP contribution in [0.3, 0.4) is 0 Å². The van der Waals surface area contributed by atoms with Crippen molar-refractivity contribution in [2.24, 2.45) is 0 Å². The number of nitriles is 2. The fourth-order valence-electron chi connectivity index (χ4n) is 2.19. The van der Waals surface area contributed by atoms with Crippen molar-refractivity contribution in [3.8, 4) is 12.1 Å². The van der Waals surface area contributed by atoms with Crippen LogP contribution < -0.4 is 5.32 Å². The first-order valence-corrected chi connectivity index (χ1v) is 6.87. The molecule has 0 heterocycles. The summed E-state index contributed by atoms with van der Waals surface area (Å²) in [7, 11) is 0. The van der Waals surface area contributed by atoms with Crippen molar-refractivity contribution in [1.29, 1.82) is 10.5 Å². The summed E-state index contributed by atoms with van der Waals surface area (Å²) in [5.74, 6) is 0. The molecule has 0 aliphatic rings. The van der Waals surface area contributed by atoms with E-state index in [1.54, 1.807) is 0 Å². The molecule has 2 aromatic carbocycles. The predicted octanol–water partition coefficient (Wildman–Crippen LogP) is 3.59. The zero-order valence-corrected chi connectivity index (χ0v) is 12.2. The monoisotopic (exact) mass is 275 g/mol. The molecule has 3 heteroatoms. The number of rotatable bonds is 4. The van der Waals surface area contributed by atoms with Gasteiger partial charge in [0.2, 0.25) is 0 Å². The lowest BCUT2D eigenvalue weighted by Crippen LogP contribution is -2.18. The van der Waals surface area contributed by atoms with E-state index >= 15 is 0 Å². The minimum absolute atomic E-state index is 0.202. The minimum atomic E-state index is 0.202. The Morgan fingerprint density at radius 1 is 1.00 bits per heavy atom. The van der Waals surface area contributed by atoms with E-state index in [0.717, 1.165) is 17.7 Å². The number of hydrogen-bond donors (Lipinski definition) is 1. The second-order valence-corrected chi connectivity index (χ2v) is 5.09. The number of hydrogen-bond acceptors (Lipinski definition) is 3. The standard InChI is InChI=1S/C18H17N3/c1-13-9-16(11-20)5-8-18(13)12-21-14(2)17-6-3-15(10-19)4-7-17/h3-9,14,21H,12H2,1-2H3. The highest BCUT2D eigenvalue weighted by Gasteiger charge is 2.06. The highest BCUT2D eigenvalue weighted by molar-refractivity contribution is 5.37. The molecule has 0 aliphatic carbocycles. The van der Waals surface area contributed by atoms with E-state index in [4.69, 9.17) is 10.5 Å². The Labute approximate surface area is 125 Å². The van der Waals surface area contributed by atoms with Gasteiger partial charge in [-0.15, -0.1) is 0 Å². The van der Waals surface area contributed by atoms with Crippen LogP contribution in [0.2, 0.25) is 0 Å². The Bertz CT molecular complexity index is 703. The zero-order valence-electron chi connectivity index (χ0n) is 12.2. The molecule has 0 amide bonds. The lowest BCUT2D eigenvalue weighted by Gasteiger charge is -2.15. The first kappa shape index (κ1) is 14.8. The molecule has 0 saturated carbocycles. The van der Waals surface area contributed by atoms with Crippen molar-refractivity contribution < 1.29 is 0 Å². The number of nitrogens with one attached hydrogen (secondary N) is 1. The third kappa shape index (κ3) is 3.69. The van der Waals surface area contributed by atoms with Crippen LogP contribution in [0.15, 0.2) is 42.5 Å². The Kier molecular flexibility index (Phi) is 4.72. The summed E-state index contributed by atoms with van der Waals surface area (Å²) in [6.07, 6.45) is 0. The van der Waals surface area contributed by atoms with Crippen LogP contribution in [0.25, 0.3) is 0 Å². The zero-order chi connectivity index (χ0) is 15.2. The van der Waals surface area contributed by atoms with Gasteiger partial charge in [0, 0.05) is 12.6 Å². The van der Waals surface area contributed by atoms with Crippen LogP contribution in [0.5, 0.6) is 0 Å². The molecule has 2 aromatic rings. The maximum absolute atomic E-state index is 8.87. The van der Waals surface area contributed by atoms with Crippen LogP contribution in [-0.2, 0) is 6.54 Å². The molecule has 0 saturated heterocycles. The topological polar surface area (TPSA) is 59.6 Å². The van der Waals surface area contributed by atoms with Crippen LogP contribution in [0, 0.1) is 29.6 Å². The van der Waals surface area contributed by atoms with E-state index in [9.17, 15) is 0 Å². The summed E-state index contributed by atoms with van der Waals surface area (Å²) in [5.41, 5.74) is 4.83. The Hall–Kier alpha value is -2.62. The van der Waals surface area contributed by atoms with Gasteiger partial charge in [0.15, 0.2) is 0 Å². The second-order valence-electron chi connectivity index (χ2n) is 5.09. The molecular weight excluding hydrogens is 258 g/mol. The summed E-state index contributed by atoms with van der Waals surface area (Å²) in [5, 5.41) is 21.1. The molecule has 1 unspecified atom stereocenters. The van der Waals surface area contributed by atoms with Crippen molar-refractivity contribution in [2.45, 2.75) is 26.4 Å². The lowest BCUT2D eigenvalue weighted by molar-refractivity contribution is 0.573. The van der Waals surface area contributed by atoms with Crippen LogP contribution in [-0.4, -0.2) is 0 Å². The van der Waals surface area contributed by atoms with Gasteiger partial charge in [-0.05, 0) is 54.8 Å². The van der Waals surface area contributed by atoms with E-state index in [2.05, 4.69) is 24.4 Å². The molecule has 21 heavy (non-hydrogen) atoms. The predicted molar refractivity (Wildman–Crippen MR) is 82.3 cm³/mol. The smallest absolute Gasteiger partial charge is 0.0991 e. The number of aryl methyl sites for hydroxylation is 1. The van der Waals surface area contributed by atoms with Crippen LogP contribution in [0.4, 0.5) is 0 Å². The van der Waals surface area contributed by atoms with Crippen molar-refractivity contribution >= 4 is 0 Å². The lowest BCUT2D eigenvalue weighted by atomic mass is 10.0. The van der Waals surface area contributed by atoms with Crippen molar-refractivity contribution in [3.63, 3.8) is 0 Å². The SMILES string of the molecule is Cc1cc(C#N)ccc1CNC(C)c1ccc(C#N)cc1. The van der Waals surface area contributed by atoms with E-state index in [1.165, 1.54) is 5.56 Å². The van der Waals surface area contributed by atoms with Crippen molar-refractivity contribution in [2.75, 3.05) is 0 Å². The van der Waals surface area contributed by atoms with Gasteiger partial charge in [-0.25, -0.2) is 0 Å². The first-order valence-electron chi connectivity index (χ1n) is 6.87. The third-order valence-corrected chi connectivity index (χ3v) is 3.61. The minimum Gasteiger partial charge on any atom is -0.306 e. The molecule has 2 rings (SSSR count). The van der Waals surface area contributed by atoms with Gasteiger partial charge in [-0.3, -0.25) is 0 Å². The van der Waals surface area contributed by atoms with Gasteiger partial charge >= 0.3 is 0 Å². The number of benzene rings is 2. The van der Waals surface area contributed by atoms with Gasteiger partial charge in [0.05, 0.1) is 23.3 Å². The highest BCUT2D eigenvalue weighted by atomic mass is 14.9. The maximum atomic E-state index is 8.87. The maximum Gasteiger partial charge on any atom is 0.0991 e. The molecule has 3 nitrogen and oxygen atoms in total. The second kappa shape index (κ2) is 6.70. The summed E-state index contributed by atoms with van der Waals surface area (Å²) < 4.78 is 0. The fourth-order valence-corrected chi connectivity index (χ4v) is 2.19. The Morgan fingerprint density at radius 2 is 1.62 bits per heavy atom.